The lowest BCUT2D eigenvalue weighted by Gasteiger charge is -2.38. The van der Waals surface area contributed by atoms with Gasteiger partial charge in [-0.1, -0.05) is 6.92 Å². The van der Waals surface area contributed by atoms with Crippen molar-refractivity contribution in [3.63, 3.8) is 0 Å². The molecule has 3 N–H and O–H groups in total. The molecule has 3 heterocycles. The van der Waals surface area contributed by atoms with E-state index >= 15 is 0 Å². The van der Waals surface area contributed by atoms with Gasteiger partial charge in [-0.2, -0.15) is 0 Å². The van der Waals surface area contributed by atoms with Gasteiger partial charge in [-0.05, 0) is 71.2 Å². The van der Waals surface area contributed by atoms with Gasteiger partial charge in [0.05, 0.1) is 35.8 Å². The van der Waals surface area contributed by atoms with Crippen molar-refractivity contribution in [2.24, 2.45) is 11.8 Å². The molecule has 6 atom stereocenters. The molecule has 4 rings (SSSR count). The van der Waals surface area contributed by atoms with Crippen LogP contribution in [0.5, 0.6) is 5.75 Å². The van der Waals surface area contributed by atoms with Crippen LogP contribution in [0.25, 0.3) is 0 Å². The number of carbonyl (C=O) groups is 3. The number of amides is 3. The number of likely N-dealkylation sites (tertiary alicyclic amines) is 1. The number of hydrogen-bond acceptors (Lipinski definition) is 6. The van der Waals surface area contributed by atoms with Gasteiger partial charge in [-0.3, -0.25) is 14.4 Å². The summed E-state index contributed by atoms with van der Waals surface area (Å²) in [5.41, 5.74) is 0.180. The van der Waals surface area contributed by atoms with Crippen molar-refractivity contribution in [3.8, 4) is 5.75 Å². The van der Waals surface area contributed by atoms with Gasteiger partial charge in [0.1, 0.15) is 11.8 Å². The summed E-state index contributed by atoms with van der Waals surface area (Å²) >= 11 is 1.63. The monoisotopic (exact) mass is 503 g/mol. The Kier molecular flexibility index (Phi) is 7.12. The molecule has 3 amide bonds. The van der Waals surface area contributed by atoms with E-state index in [0.717, 1.165) is 12.2 Å². The van der Waals surface area contributed by atoms with E-state index in [4.69, 9.17) is 4.74 Å². The minimum absolute atomic E-state index is 0.0204. The predicted molar refractivity (Wildman–Crippen MR) is 136 cm³/mol. The van der Waals surface area contributed by atoms with E-state index in [0.29, 0.717) is 25.1 Å². The first kappa shape index (κ1) is 25.8. The average molecular weight is 504 g/mol. The number of thioether (sulfide) groups is 1. The molecule has 8 nitrogen and oxygen atoms in total. The maximum atomic E-state index is 13.9. The lowest BCUT2D eigenvalue weighted by Crippen LogP contribution is -2.59. The molecule has 35 heavy (non-hydrogen) atoms. The van der Waals surface area contributed by atoms with Gasteiger partial charge in [0, 0.05) is 16.5 Å². The maximum absolute atomic E-state index is 13.9. The fraction of sp³-hybridized carbons (Fsp3) is 0.654. The molecule has 3 aliphatic rings. The van der Waals surface area contributed by atoms with Gasteiger partial charge in [0.2, 0.25) is 17.7 Å². The number of fused-ring (bicyclic) bond motifs is 1. The van der Waals surface area contributed by atoms with Gasteiger partial charge in [0.15, 0.2) is 0 Å². The Morgan fingerprint density at radius 1 is 1.23 bits per heavy atom. The number of nitrogens with zero attached hydrogens (tertiary/aromatic N) is 1. The van der Waals surface area contributed by atoms with E-state index in [1.165, 1.54) is 0 Å². The third kappa shape index (κ3) is 4.53. The van der Waals surface area contributed by atoms with Gasteiger partial charge in [-0.25, -0.2) is 0 Å². The minimum atomic E-state index is -0.713. The largest absolute Gasteiger partial charge is 0.494 e. The Bertz CT molecular complexity index is 974. The molecule has 0 aliphatic carbocycles. The lowest BCUT2D eigenvalue weighted by atomic mass is 9.70. The molecular weight excluding hydrogens is 466 g/mol. The molecular formula is C26H37N3O5S. The summed E-state index contributed by atoms with van der Waals surface area (Å²) in [6, 6.07) is 6.01. The smallest absolute Gasteiger partial charge is 0.244 e. The number of benzene rings is 1. The first-order chi connectivity index (χ1) is 16.6. The van der Waals surface area contributed by atoms with Gasteiger partial charge in [-0.15, -0.1) is 11.8 Å². The highest BCUT2D eigenvalue weighted by molar-refractivity contribution is 8.02. The molecule has 1 spiro atoms. The van der Waals surface area contributed by atoms with Crippen LogP contribution >= 0.6 is 11.8 Å². The Morgan fingerprint density at radius 3 is 2.49 bits per heavy atom. The number of ether oxygens (including phenoxy) is 1. The van der Waals surface area contributed by atoms with Gasteiger partial charge >= 0.3 is 0 Å². The second kappa shape index (κ2) is 9.65. The number of anilines is 1. The number of rotatable bonds is 8. The van der Waals surface area contributed by atoms with Crippen molar-refractivity contribution in [2.75, 3.05) is 18.5 Å². The highest BCUT2D eigenvalue weighted by Gasteiger charge is 2.74. The molecule has 0 saturated carbocycles. The zero-order valence-corrected chi connectivity index (χ0v) is 22.0. The fourth-order valence-electron chi connectivity index (χ4n) is 5.96. The number of carbonyl (C=O) groups excluding carboxylic acids is 3. The van der Waals surface area contributed by atoms with Crippen LogP contribution in [-0.2, 0) is 14.4 Å². The summed E-state index contributed by atoms with van der Waals surface area (Å²) in [6.07, 6.45) is 2.01. The summed E-state index contributed by atoms with van der Waals surface area (Å²) in [4.78, 5) is 42.7. The zero-order valence-electron chi connectivity index (χ0n) is 21.2. The molecule has 1 aromatic rings. The highest BCUT2D eigenvalue weighted by atomic mass is 32.2. The second-order valence-corrected chi connectivity index (χ2v) is 12.3. The van der Waals surface area contributed by atoms with E-state index in [1.54, 1.807) is 40.9 Å². The third-order valence-electron chi connectivity index (χ3n) is 7.30. The van der Waals surface area contributed by atoms with Gasteiger partial charge < -0.3 is 25.4 Å². The molecule has 3 aliphatic heterocycles. The number of aliphatic hydroxyl groups excluding tert-OH is 1. The topological polar surface area (TPSA) is 108 Å². The summed E-state index contributed by atoms with van der Waals surface area (Å²) in [6.45, 7) is 9.89. The molecule has 2 unspecified atom stereocenters. The van der Waals surface area contributed by atoms with Crippen molar-refractivity contribution in [3.05, 3.63) is 24.3 Å². The molecule has 0 aromatic heterocycles. The molecule has 0 radical (unpaired) electrons. The molecule has 2 bridgehead atoms. The van der Waals surface area contributed by atoms with E-state index in [1.807, 2.05) is 34.6 Å². The van der Waals surface area contributed by atoms with E-state index < -0.39 is 34.2 Å². The number of aliphatic hydroxyl groups is 1. The van der Waals surface area contributed by atoms with E-state index in [2.05, 4.69) is 10.6 Å². The normalized spacial score (nSPS) is 30.2. The Hall–Kier alpha value is -2.26. The van der Waals surface area contributed by atoms with Crippen molar-refractivity contribution in [2.45, 2.75) is 81.5 Å². The van der Waals surface area contributed by atoms with Crippen LogP contribution in [0.15, 0.2) is 24.3 Å². The van der Waals surface area contributed by atoms with Crippen molar-refractivity contribution >= 4 is 35.2 Å². The summed E-state index contributed by atoms with van der Waals surface area (Å²) < 4.78 is 4.81. The second-order valence-electron chi connectivity index (χ2n) is 10.7. The summed E-state index contributed by atoms with van der Waals surface area (Å²) in [5.74, 6) is -0.990. The summed E-state index contributed by atoms with van der Waals surface area (Å²) in [5, 5.41) is 16.1. The lowest BCUT2D eigenvalue weighted by molar-refractivity contribution is -0.142. The quantitative estimate of drug-likeness (QED) is 0.504. The molecule has 192 valence electrons. The SMILES string of the molecule is CCOc1ccc(NC(=O)[C@@H]2[C@H]3C(=O)N([C@@H](CC)CO)C(C(=O)NC(C)(C)C)C34CC[C@H]2S4)cc1. The summed E-state index contributed by atoms with van der Waals surface area (Å²) in [7, 11) is 0. The van der Waals surface area contributed by atoms with Crippen LogP contribution in [0.2, 0.25) is 0 Å². The third-order valence-corrected chi connectivity index (χ3v) is 9.25. The first-order valence-electron chi connectivity index (χ1n) is 12.5. The standard InChI is InChI=1S/C26H37N3O5S/c1-6-16(14-30)29-21(23(32)28-25(3,4)5)26-13-12-18(35-26)19(20(26)24(29)33)22(31)27-15-8-10-17(11-9-15)34-7-2/h8-11,16,18-21,30H,6-7,12-14H2,1-5H3,(H,27,31)(H,28,32)/t16-,18+,19-,20-,21?,26?/m0/s1. The van der Waals surface area contributed by atoms with E-state index in [-0.39, 0.29) is 29.6 Å². The molecule has 1 aromatic carbocycles. The fourth-order valence-corrected chi connectivity index (χ4v) is 8.17. The van der Waals surface area contributed by atoms with Gasteiger partial charge in [0.25, 0.3) is 0 Å². The van der Waals surface area contributed by atoms with Crippen LogP contribution in [0.3, 0.4) is 0 Å². The van der Waals surface area contributed by atoms with Crippen LogP contribution in [0, 0.1) is 11.8 Å². The van der Waals surface area contributed by atoms with Crippen LogP contribution < -0.4 is 15.4 Å². The Balaban J connectivity index is 1.65. The van der Waals surface area contributed by atoms with Crippen molar-refractivity contribution in [1.29, 1.82) is 0 Å². The minimum Gasteiger partial charge on any atom is -0.494 e. The predicted octanol–water partition coefficient (Wildman–Crippen LogP) is 2.80. The maximum Gasteiger partial charge on any atom is 0.244 e. The average Bonchev–Trinajstić information content (AvgIpc) is 3.43. The number of hydrogen-bond donors (Lipinski definition) is 3. The Morgan fingerprint density at radius 2 is 1.91 bits per heavy atom. The highest BCUT2D eigenvalue weighted by Crippen LogP contribution is 2.66. The van der Waals surface area contributed by atoms with Crippen molar-refractivity contribution in [1.82, 2.24) is 10.2 Å². The zero-order chi connectivity index (χ0) is 25.5. The molecule has 3 saturated heterocycles. The molecule has 9 heteroatoms. The Labute approximate surface area is 211 Å². The van der Waals surface area contributed by atoms with Crippen molar-refractivity contribution < 1.29 is 24.2 Å². The van der Waals surface area contributed by atoms with E-state index in [9.17, 15) is 19.5 Å². The first-order valence-corrected chi connectivity index (χ1v) is 13.4. The van der Waals surface area contributed by atoms with Crippen LogP contribution in [0.4, 0.5) is 5.69 Å². The molecule has 3 fully saturated rings. The van der Waals surface area contributed by atoms with Crippen LogP contribution in [0.1, 0.15) is 53.9 Å². The van der Waals surface area contributed by atoms with Crippen LogP contribution in [-0.4, -0.2) is 68.6 Å². The number of nitrogens with one attached hydrogen (secondary N) is 2.